The molecule has 1 aromatic carbocycles. The minimum Gasteiger partial charge on any atom is -0.484 e. The molecule has 0 unspecified atom stereocenters. The van der Waals surface area contributed by atoms with Crippen LogP contribution in [0.15, 0.2) is 24.3 Å². The van der Waals surface area contributed by atoms with Crippen LogP contribution >= 0.6 is 12.2 Å². The molecular weight excluding hydrogens is 288 g/mol. The van der Waals surface area contributed by atoms with E-state index >= 15 is 0 Å². The van der Waals surface area contributed by atoms with Crippen LogP contribution in [0.1, 0.15) is 17.0 Å². The largest absolute Gasteiger partial charge is 0.484 e. The van der Waals surface area contributed by atoms with E-state index in [9.17, 15) is 4.79 Å². The highest BCUT2D eigenvalue weighted by Gasteiger charge is 2.10. The molecule has 0 radical (unpaired) electrons. The van der Waals surface area contributed by atoms with Gasteiger partial charge in [0.2, 0.25) is 0 Å². The maximum Gasteiger partial charge on any atom is 0.262 e. The zero-order valence-electron chi connectivity index (χ0n) is 11.8. The minimum absolute atomic E-state index is 0.0868. The number of aryl methyl sites for hydroxylation is 2. The number of ether oxygens (including phenoxy) is 1. The summed E-state index contributed by atoms with van der Waals surface area (Å²) >= 11 is 4.86. The SMILES string of the molecule is Cc1n[nH]c(C)c1NC(=O)COc1ccc(C(N)=S)cc1. The Morgan fingerprint density at radius 1 is 1.38 bits per heavy atom. The maximum absolute atomic E-state index is 11.8. The first kappa shape index (κ1) is 15.0. The van der Waals surface area contributed by atoms with Crippen molar-refractivity contribution in [3.05, 3.63) is 41.2 Å². The Morgan fingerprint density at radius 2 is 2.05 bits per heavy atom. The monoisotopic (exact) mass is 304 g/mol. The van der Waals surface area contributed by atoms with Crippen molar-refractivity contribution in [3.8, 4) is 5.75 Å². The molecular formula is C14H16N4O2S. The predicted octanol–water partition coefficient (Wildman–Crippen LogP) is 1.68. The molecule has 0 spiro atoms. The number of aromatic amines is 1. The first-order valence-electron chi connectivity index (χ1n) is 6.31. The Bertz CT molecular complexity index is 645. The van der Waals surface area contributed by atoms with E-state index in [-0.39, 0.29) is 12.5 Å². The summed E-state index contributed by atoms with van der Waals surface area (Å²) in [6.45, 7) is 3.57. The highest BCUT2D eigenvalue weighted by atomic mass is 32.1. The van der Waals surface area contributed by atoms with Crippen molar-refractivity contribution in [3.63, 3.8) is 0 Å². The number of nitrogens with two attached hydrogens (primary N) is 1. The Kier molecular flexibility index (Phi) is 4.54. The number of carbonyl (C=O) groups excluding carboxylic acids is 1. The number of H-pyrrole nitrogens is 1. The lowest BCUT2D eigenvalue weighted by Crippen LogP contribution is -2.20. The summed E-state index contributed by atoms with van der Waals surface area (Å²) in [6, 6.07) is 6.94. The summed E-state index contributed by atoms with van der Waals surface area (Å²) in [5.41, 5.74) is 8.50. The molecule has 0 saturated heterocycles. The number of carbonyl (C=O) groups is 1. The van der Waals surface area contributed by atoms with Gasteiger partial charge in [0.05, 0.1) is 17.1 Å². The first-order valence-corrected chi connectivity index (χ1v) is 6.72. The summed E-state index contributed by atoms with van der Waals surface area (Å²) in [5, 5.41) is 9.57. The molecule has 4 N–H and O–H groups in total. The lowest BCUT2D eigenvalue weighted by molar-refractivity contribution is -0.118. The molecule has 2 aromatic rings. The third-order valence-electron chi connectivity index (χ3n) is 2.90. The molecule has 21 heavy (non-hydrogen) atoms. The number of nitrogens with zero attached hydrogens (tertiary/aromatic N) is 1. The standard InChI is InChI=1S/C14H16N4O2S/c1-8-13(9(2)18-17-8)16-12(19)7-20-11-5-3-10(4-6-11)14(15)21/h3-6H,7H2,1-2H3,(H2,15,21)(H,16,19)(H,17,18). The van der Waals surface area contributed by atoms with Crippen molar-refractivity contribution in [1.82, 2.24) is 10.2 Å². The lowest BCUT2D eigenvalue weighted by atomic mass is 10.2. The van der Waals surface area contributed by atoms with Crippen LogP contribution in [0.2, 0.25) is 0 Å². The number of benzene rings is 1. The number of hydrogen-bond acceptors (Lipinski definition) is 4. The van der Waals surface area contributed by atoms with Gasteiger partial charge in [-0.25, -0.2) is 0 Å². The van der Waals surface area contributed by atoms with Crippen LogP contribution in [0, 0.1) is 13.8 Å². The highest BCUT2D eigenvalue weighted by Crippen LogP contribution is 2.16. The van der Waals surface area contributed by atoms with Crippen LogP contribution in [0.25, 0.3) is 0 Å². The lowest BCUT2D eigenvalue weighted by Gasteiger charge is -2.08. The van der Waals surface area contributed by atoms with Crippen molar-refractivity contribution in [2.75, 3.05) is 11.9 Å². The number of aromatic nitrogens is 2. The zero-order valence-corrected chi connectivity index (χ0v) is 12.6. The summed E-state index contributed by atoms with van der Waals surface area (Å²) in [6.07, 6.45) is 0. The van der Waals surface area contributed by atoms with Crippen molar-refractivity contribution >= 4 is 28.8 Å². The van der Waals surface area contributed by atoms with E-state index < -0.39 is 0 Å². The molecule has 0 bridgehead atoms. The smallest absolute Gasteiger partial charge is 0.262 e. The number of rotatable bonds is 5. The summed E-state index contributed by atoms with van der Waals surface area (Å²) < 4.78 is 5.40. The van der Waals surface area contributed by atoms with E-state index in [1.807, 2.05) is 13.8 Å². The fourth-order valence-corrected chi connectivity index (χ4v) is 1.91. The topological polar surface area (TPSA) is 93.0 Å². The van der Waals surface area contributed by atoms with Gasteiger partial charge >= 0.3 is 0 Å². The molecule has 0 aliphatic heterocycles. The van der Waals surface area contributed by atoms with Gasteiger partial charge in [0.25, 0.3) is 5.91 Å². The van der Waals surface area contributed by atoms with Crippen LogP contribution in [0.4, 0.5) is 5.69 Å². The van der Waals surface area contributed by atoms with Crippen LogP contribution in [-0.4, -0.2) is 27.7 Å². The van der Waals surface area contributed by atoms with Gasteiger partial charge in [-0.1, -0.05) is 12.2 Å². The van der Waals surface area contributed by atoms with E-state index in [2.05, 4.69) is 15.5 Å². The molecule has 0 atom stereocenters. The summed E-state index contributed by atoms with van der Waals surface area (Å²) in [7, 11) is 0. The van der Waals surface area contributed by atoms with Crippen molar-refractivity contribution in [1.29, 1.82) is 0 Å². The molecule has 1 amide bonds. The average molecular weight is 304 g/mol. The van der Waals surface area contributed by atoms with E-state index in [1.54, 1.807) is 24.3 Å². The highest BCUT2D eigenvalue weighted by molar-refractivity contribution is 7.80. The van der Waals surface area contributed by atoms with Crippen molar-refractivity contribution in [2.45, 2.75) is 13.8 Å². The van der Waals surface area contributed by atoms with Crippen LogP contribution in [-0.2, 0) is 4.79 Å². The molecule has 7 heteroatoms. The van der Waals surface area contributed by atoms with Gasteiger partial charge in [0.1, 0.15) is 10.7 Å². The number of anilines is 1. The zero-order chi connectivity index (χ0) is 15.4. The Labute approximate surface area is 127 Å². The van der Waals surface area contributed by atoms with Gasteiger partial charge in [-0.15, -0.1) is 0 Å². The van der Waals surface area contributed by atoms with Crippen molar-refractivity contribution < 1.29 is 9.53 Å². The molecule has 110 valence electrons. The molecule has 6 nitrogen and oxygen atoms in total. The number of hydrogen-bond donors (Lipinski definition) is 3. The minimum atomic E-state index is -0.249. The molecule has 0 saturated carbocycles. The average Bonchev–Trinajstić information content (AvgIpc) is 2.77. The Hall–Kier alpha value is -2.41. The second-order valence-corrected chi connectivity index (χ2v) is 4.97. The second kappa shape index (κ2) is 6.36. The van der Waals surface area contributed by atoms with Crippen LogP contribution in [0.5, 0.6) is 5.75 Å². The molecule has 0 aliphatic rings. The molecule has 1 heterocycles. The van der Waals surface area contributed by atoms with Gasteiger partial charge in [0, 0.05) is 5.56 Å². The van der Waals surface area contributed by atoms with Gasteiger partial charge in [-0.3, -0.25) is 9.89 Å². The predicted molar refractivity (Wildman–Crippen MR) is 84.5 cm³/mol. The number of thiocarbonyl (C=S) groups is 1. The fourth-order valence-electron chi connectivity index (χ4n) is 1.77. The molecule has 0 aliphatic carbocycles. The quantitative estimate of drug-likeness (QED) is 0.731. The van der Waals surface area contributed by atoms with Crippen molar-refractivity contribution in [2.24, 2.45) is 5.73 Å². The summed E-state index contributed by atoms with van der Waals surface area (Å²) in [4.78, 5) is 12.2. The number of nitrogens with one attached hydrogen (secondary N) is 2. The van der Waals surface area contributed by atoms with Gasteiger partial charge in [-0.2, -0.15) is 5.10 Å². The van der Waals surface area contributed by atoms with Gasteiger partial charge in [0.15, 0.2) is 6.61 Å². The van der Waals surface area contributed by atoms with E-state index in [1.165, 1.54) is 0 Å². The number of amides is 1. The molecule has 0 fully saturated rings. The Balaban J connectivity index is 1.91. The molecule has 2 rings (SSSR count). The molecule has 1 aromatic heterocycles. The van der Waals surface area contributed by atoms with E-state index in [0.717, 1.165) is 17.0 Å². The third kappa shape index (κ3) is 3.79. The first-order chi connectivity index (χ1) is 9.97. The van der Waals surface area contributed by atoms with Crippen LogP contribution in [0.3, 0.4) is 0 Å². The fraction of sp³-hybridized carbons (Fsp3) is 0.214. The van der Waals surface area contributed by atoms with Gasteiger partial charge in [-0.05, 0) is 38.1 Å². The summed E-state index contributed by atoms with van der Waals surface area (Å²) in [5.74, 6) is 0.326. The second-order valence-electron chi connectivity index (χ2n) is 4.53. The van der Waals surface area contributed by atoms with E-state index in [4.69, 9.17) is 22.7 Å². The normalized spacial score (nSPS) is 10.2. The maximum atomic E-state index is 11.8. The van der Waals surface area contributed by atoms with E-state index in [0.29, 0.717) is 16.4 Å². The van der Waals surface area contributed by atoms with Gasteiger partial charge < -0.3 is 15.8 Å². The Morgan fingerprint density at radius 3 is 2.57 bits per heavy atom. The third-order valence-corrected chi connectivity index (χ3v) is 3.14. The van der Waals surface area contributed by atoms with Crippen LogP contribution < -0.4 is 15.8 Å².